The van der Waals surface area contributed by atoms with Crippen LogP contribution in [0.2, 0.25) is 0 Å². The molecule has 3 N–H and O–H groups in total. The Labute approximate surface area is 125 Å². The summed E-state index contributed by atoms with van der Waals surface area (Å²) < 4.78 is 36.9. The molecule has 1 saturated heterocycles. The molecule has 118 valence electrons. The molecule has 0 aliphatic carbocycles. The highest BCUT2D eigenvalue weighted by Crippen LogP contribution is 2.26. The number of rotatable bonds is 5. The van der Waals surface area contributed by atoms with E-state index < -0.39 is 15.8 Å². The number of hydrogen-bond donors (Lipinski definition) is 2. The first-order valence-electron chi connectivity index (χ1n) is 7.23. The lowest BCUT2D eigenvalue weighted by molar-refractivity contribution is 0.426. The third-order valence-electron chi connectivity index (χ3n) is 3.73. The van der Waals surface area contributed by atoms with Crippen molar-refractivity contribution in [1.82, 2.24) is 5.32 Å². The Balaban J connectivity index is 2.31. The van der Waals surface area contributed by atoms with Crippen LogP contribution >= 0.6 is 0 Å². The molecule has 0 bridgehead atoms. The lowest BCUT2D eigenvalue weighted by Crippen LogP contribution is -2.46. The standard InChI is InChI=1S/C14H22FN3O2S/c1-2-8-18(11-4-3-7-17-10-11)14-6-5-12(9-13(14)15)21(16,19)20/h5-6,9,11,17H,2-4,7-8,10H2,1H3,(H2,16,19,20). The van der Waals surface area contributed by atoms with Crippen molar-refractivity contribution in [2.45, 2.75) is 37.1 Å². The van der Waals surface area contributed by atoms with Crippen LogP contribution in [-0.4, -0.2) is 34.1 Å². The summed E-state index contributed by atoms with van der Waals surface area (Å²) in [4.78, 5) is 1.83. The van der Waals surface area contributed by atoms with Gasteiger partial charge in [-0.15, -0.1) is 0 Å². The third kappa shape index (κ3) is 3.93. The molecule has 0 spiro atoms. The average Bonchev–Trinajstić information content (AvgIpc) is 2.45. The van der Waals surface area contributed by atoms with E-state index in [4.69, 9.17) is 5.14 Å². The van der Waals surface area contributed by atoms with Crippen LogP contribution < -0.4 is 15.4 Å². The Morgan fingerprint density at radius 3 is 2.76 bits per heavy atom. The van der Waals surface area contributed by atoms with Gasteiger partial charge in [0, 0.05) is 19.1 Å². The van der Waals surface area contributed by atoms with Crippen molar-refractivity contribution in [2.75, 3.05) is 24.5 Å². The van der Waals surface area contributed by atoms with Crippen LogP contribution in [0.1, 0.15) is 26.2 Å². The van der Waals surface area contributed by atoms with Crippen molar-refractivity contribution < 1.29 is 12.8 Å². The van der Waals surface area contributed by atoms with Crippen LogP contribution in [0.5, 0.6) is 0 Å². The van der Waals surface area contributed by atoms with E-state index in [0.717, 1.165) is 45.0 Å². The summed E-state index contributed by atoms with van der Waals surface area (Å²) in [5.74, 6) is -0.541. The Morgan fingerprint density at radius 1 is 1.48 bits per heavy atom. The molecule has 1 fully saturated rings. The van der Waals surface area contributed by atoms with Crippen molar-refractivity contribution in [1.29, 1.82) is 0 Å². The van der Waals surface area contributed by atoms with Crippen LogP contribution in [0.15, 0.2) is 23.1 Å². The van der Waals surface area contributed by atoms with Gasteiger partial charge in [0.2, 0.25) is 10.0 Å². The van der Waals surface area contributed by atoms with Crippen LogP contribution in [-0.2, 0) is 10.0 Å². The third-order valence-corrected chi connectivity index (χ3v) is 4.64. The lowest BCUT2D eigenvalue weighted by Gasteiger charge is -2.36. The van der Waals surface area contributed by atoms with Crippen molar-refractivity contribution in [3.63, 3.8) is 0 Å². The summed E-state index contributed by atoms with van der Waals surface area (Å²) in [6, 6.07) is 4.11. The van der Waals surface area contributed by atoms with E-state index in [9.17, 15) is 12.8 Å². The number of nitrogens with zero attached hydrogens (tertiary/aromatic N) is 1. The van der Waals surface area contributed by atoms with Gasteiger partial charge < -0.3 is 10.2 Å². The molecule has 0 radical (unpaired) electrons. The highest BCUT2D eigenvalue weighted by atomic mass is 32.2. The second-order valence-corrected chi connectivity index (χ2v) is 6.91. The van der Waals surface area contributed by atoms with Crippen LogP contribution in [0.3, 0.4) is 0 Å². The molecule has 2 rings (SSSR count). The van der Waals surface area contributed by atoms with Crippen LogP contribution in [0.4, 0.5) is 10.1 Å². The van der Waals surface area contributed by atoms with Crippen molar-refractivity contribution in [3.05, 3.63) is 24.0 Å². The van der Waals surface area contributed by atoms with Crippen molar-refractivity contribution in [3.8, 4) is 0 Å². The van der Waals surface area contributed by atoms with Crippen molar-refractivity contribution in [2.24, 2.45) is 5.14 Å². The molecule has 1 aromatic carbocycles. The average molecular weight is 315 g/mol. The summed E-state index contributed by atoms with van der Waals surface area (Å²) in [5, 5.41) is 8.35. The van der Waals surface area contributed by atoms with Gasteiger partial charge >= 0.3 is 0 Å². The van der Waals surface area contributed by atoms with Gasteiger partial charge in [-0.1, -0.05) is 6.92 Å². The summed E-state index contributed by atoms with van der Waals surface area (Å²) in [6.45, 7) is 4.58. The number of primary sulfonamides is 1. The number of anilines is 1. The van der Waals surface area contributed by atoms with Gasteiger partial charge in [0.1, 0.15) is 5.82 Å². The molecule has 1 aliphatic heterocycles. The zero-order chi connectivity index (χ0) is 15.5. The SMILES string of the molecule is CCCN(c1ccc(S(N)(=O)=O)cc1F)C1CCCNC1. The number of hydrogen-bond acceptors (Lipinski definition) is 4. The molecule has 1 unspecified atom stereocenters. The predicted molar refractivity (Wildman–Crippen MR) is 81.3 cm³/mol. The van der Waals surface area contributed by atoms with Gasteiger partial charge in [-0.2, -0.15) is 0 Å². The summed E-state index contributed by atoms with van der Waals surface area (Å²) in [7, 11) is -3.88. The molecular weight excluding hydrogens is 293 g/mol. The van der Waals surface area contributed by atoms with Gasteiger partial charge in [-0.3, -0.25) is 0 Å². The fourth-order valence-corrected chi connectivity index (χ4v) is 3.26. The molecule has 1 aromatic rings. The Morgan fingerprint density at radius 2 is 2.24 bits per heavy atom. The minimum Gasteiger partial charge on any atom is -0.365 e. The number of benzene rings is 1. The highest BCUT2D eigenvalue weighted by molar-refractivity contribution is 7.89. The number of nitrogens with two attached hydrogens (primary N) is 1. The van der Waals surface area contributed by atoms with E-state index in [1.54, 1.807) is 0 Å². The van der Waals surface area contributed by atoms with Gasteiger partial charge in [0.15, 0.2) is 0 Å². The first kappa shape index (κ1) is 16.2. The van der Waals surface area contributed by atoms with E-state index in [-0.39, 0.29) is 10.9 Å². The Kier molecular flexibility index (Phi) is 5.18. The maximum absolute atomic E-state index is 14.3. The van der Waals surface area contributed by atoms with E-state index in [1.807, 2.05) is 11.8 Å². The molecule has 5 nitrogen and oxygen atoms in total. The second kappa shape index (κ2) is 6.72. The molecule has 7 heteroatoms. The van der Waals surface area contributed by atoms with Crippen LogP contribution in [0.25, 0.3) is 0 Å². The number of nitrogens with one attached hydrogen (secondary N) is 1. The number of sulfonamides is 1. The molecule has 1 aliphatic rings. The minimum atomic E-state index is -3.88. The zero-order valence-electron chi connectivity index (χ0n) is 12.2. The van der Waals surface area contributed by atoms with E-state index in [2.05, 4.69) is 5.32 Å². The molecule has 1 heterocycles. The topological polar surface area (TPSA) is 75.4 Å². The molecular formula is C14H22FN3O2S. The monoisotopic (exact) mass is 315 g/mol. The summed E-state index contributed by atoms with van der Waals surface area (Å²) in [5.41, 5.74) is 0.443. The maximum Gasteiger partial charge on any atom is 0.238 e. The van der Waals surface area contributed by atoms with Crippen molar-refractivity contribution >= 4 is 15.7 Å². The predicted octanol–water partition coefficient (Wildman–Crippen LogP) is 1.44. The van der Waals surface area contributed by atoms with Gasteiger partial charge in [-0.25, -0.2) is 17.9 Å². The van der Waals surface area contributed by atoms with E-state index >= 15 is 0 Å². The quantitative estimate of drug-likeness (QED) is 0.862. The number of halogens is 1. The van der Waals surface area contributed by atoms with Gasteiger partial charge in [-0.05, 0) is 44.0 Å². The second-order valence-electron chi connectivity index (χ2n) is 5.35. The summed E-state index contributed by atoms with van der Waals surface area (Å²) in [6.07, 6.45) is 2.96. The molecule has 0 saturated carbocycles. The fourth-order valence-electron chi connectivity index (χ4n) is 2.74. The smallest absolute Gasteiger partial charge is 0.238 e. The largest absolute Gasteiger partial charge is 0.365 e. The minimum absolute atomic E-state index is 0.193. The molecule has 0 amide bonds. The molecule has 1 atom stereocenters. The maximum atomic E-state index is 14.3. The highest BCUT2D eigenvalue weighted by Gasteiger charge is 2.23. The van der Waals surface area contributed by atoms with E-state index in [1.165, 1.54) is 12.1 Å². The van der Waals surface area contributed by atoms with Crippen LogP contribution in [0, 0.1) is 5.82 Å². The zero-order valence-corrected chi connectivity index (χ0v) is 13.0. The molecule has 21 heavy (non-hydrogen) atoms. The fraction of sp³-hybridized carbons (Fsp3) is 0.571. The first-order valence-corrected chi connectivity index (χ1v) is 8.78. The number of piperidine rings is 1. The lowest BCUT2D eigenvalue weighted by atomic mass is 10.0. The normalized spacial score (nSPS) is 19.5. The molecule has 0 aromatic heterocycles. The summed E-state index contributed by atoms with van der Waals surface area (Å²) >= 11 is 0. The van der Waals surface area contributed by atoms with Gasteiger partial charge in [0.25, 0.3) is 0 Å². The first-order chi connectivity index (χ1) is 9.93. The van der Waals surface area contributed by atoms with Gasteiger partial charge in [0.05, 0.1) is 10.6 Å². The Hall–Kier alpha value is -1.18. The van der Waals surface area contributed by atoms with E-state index in [0.29, 0.717) is 5.69 Å². The Bertz CT molecular complexity index is 586.